The molecule has 1 unspecified atom stereocenters. The van der Waals surface area contributed by atoms with E-state index in [9.17, 15) is 14.4 Å². The summed E-state index contributed by atoms with van der Waals surface area (Å²) in [6, 6.07) is -0.658. The van der Waals surface area contributed by atoms with E-state index in [0.29, 0.717) is 6.42 Å². The zero-order chi connectivity index (χ0) is 15.7. The molecule has 0 aliphatic rings. The first-order valence-electron chi connectivity index (χ1n) is 6.82. The number of nitrogens with two attached hydrogens (primary N) is 1. The van der Waals surface area contributed by atoms with Gasteiger partial charge in [-0.15, -0.1) is 0 Å². The van der Waals surface area contributed by atoms with Crippen LogP contribution in [0.1, 0.15) is 33.6 Å². The summed E-state index contributed by atoms with van der Waals surface area (Å²) in [6.07, 6.45) is 1.23. The lowest BCUT2D eigenvalue weighted by Crippen LogP contribution is -2.47. The van der Waals surface area contributed by atoms with Crippen LogP contribution in [0.3, 0.4) is 0 Å². The van der Waals surface area contributed by atoms with Gasteiger partial charge in [0, 0.05) is 6.54 Å². The Morgan fingerprint density at radius 3 is 2.25 bits per heavy atom. The van der Waals surface area contributed by atoms with E-state index in [1.54, 1.807) is 0 Å². The molecule has 0 spiro atoms. The second-order valence-electron chi connectivity index (χ2n) is 5.12. The molecule has 0 radical (unpaired) electrons. The van der Waals surface area contributed by atoms with Crippen LogP contribution in [0.5, 0.6) is 0 Å². The summed E-state index contributed by atoms with van der Waals surface area (Å²) in [4.78, 5) is 33.9. The second kappa shape index (κ2) is 9.30. The van der Waals surface area contributed by atoms with Gasteiger partial charge in [-0.3, -0.25) is 14.4 Å². The van der Waals surface area contributed by atoms with Crippen LogP contribution in [-0.2, 0) is 14.4 Å². The van der Waals surface area contributed by atoms with Gasteiger partial charge in [0.2, 0.25) is 11.8 Å². The molecular weight excluding hydrogens is 262 g/mol. The van der Waals surface area contributed by atoms with Crippen LogP contribution in [-0.4, -0.2) is 42.0 Å². The van der Waals surface area contributed by atoms with Crippen molar-refractivity contribution in [1.29, 1.82) is 0 Å². The number of hydrogen-bond acceptors (Lipinski definition) is 4. The first kappa shape index (κ1) is 18.4. The van der Waals surface area contributed by atoms with Crippen LogP contribution >= 0.6 is 0 Å². The van der Waals surface area contributed by atoms with Gasteiger partial charge in [-0.25, -0.2) is 0 Å². The molecule has 0 aromatic rings. The largest absolute Gasteiger partial charge is 0.481 e. The van der Waals surface area contributed by atoms with Gasteiger partial charge in [0.25, 0.3) is 0 Å². The molecule has 2 amide bonds. The van der Waals surface area contributed by atoms with Crippen LogP contribution in [0.15, 0.2) is 0 Å². The summed E-state index contributed by atoms with van der Waals surface area (Å²) in [6.45, 7) is 5.37. The van der Waals surface area contributed by atoms with E-state index in [2.05, 4.69) is 10.6 Å². The Labute approximate surface area is 119 Å². The zero-order valence-corrected chi connectivity index (χ0v) is 12.3. The van der Waals surface area contributed by atoms with Crippen molar-refractivity contribution in [3.8, 4) is 0 Å². The van der Waals surface area contributed by atoms with Crippen molar-refractivity contribution < 1.29 is 19.5 Å². The molecule has 0 heterocycles. The quantitative estimate of drug-likeness (QED) is 0.464. The average molecular weight is 287 g/mol. The summed E-state index contributed by atoms with van der Waals surface area (Å²) in [5.74, 6) is -2.36. The summed E-state index contributed by atoms with van der Waals surface area (Å²) in [5, 5.41) is 13.9. The first-order chi connectivity index (χ1) is 9.29. The third-order valence-electron chi connectivity index (χ3n) is 2.98. The van der Waals surface area contributed by atoms with Crippen molar-refractivity contribution in [3.63, 3.8) is 0 Å². The highest BCUT2D eigenvalue weighted by molar-refractivity contribution is 5.87. The fourth-order valence-electron chi connectivity index (χ4n) is 1.55. The second-order valence-corrected chi connectivity index (χ2v) is 5.12. The van der Waals surface area contributed by atoms with Gasteiger partial charge in [-0.2, -0.15) is 0 Å². The number of carboxylic acids is 1. The average Bonchev–Trinajstić information content (AvgIpc) is 2.39. The number of carbonyl (C=O) groups excluding carboxylic acids is 2. The topological polar surface area (TPSA) is 122 Å². The Bertz CT molecular complexity index is 345. The number of carboxylic acid groups (broad SMARTS) is 1. The number of carbonyl (C=O) groups is 3. The summed E-state index contributed by atoms with van der Waals surface area (Å²) in [5.41, 5.74) is 5.63. The van der Waals surface area contributed by atoms with E-state index < -0.39 is 29.7 Å². The van der Waals surface area contributed by atoms with Crippen LogP contribution in [0.25, 0.3) is 0 Å². The van der Waals surface area contributed by atoms with E-state index in [1.807, 2.05) is 20.8 Å². The molecule has 0 aromatic carbocycles. The molecule has 0 aromatic heterocycles. The van der Waals surface area contributed by atoms with E-state index in [1.165, 1.54) is 0 Å². The van der Waals surface area contributed by atoms with Gasteiger partial charge < -0.3 is 21.5 Å². The molecular formula is C13H25N3O4. The van der Waals surface area contributed by atoms with Crippen molar-refractivity contribution in [2.75, 3.05) is 13.1 Å². The van der Waals surface area contributed by atoms with Gasteiger partial charge in [0.05, 0.1) is 18.5 Å². The predicted octanol–water partition coefficient (Wildman–Crippen LogP) is -0.297. The van der Waals surface area contributed by atoms with Gasteiger partial charge in [-0.1, -0.05) is 27.2 Å². The van der Waals surface area contributed by atoms with Gasteiger partial charge in [-0.05, 0) is 12.3 Å². The third-order valence-corrected chi connectivity index (χ3v) is 2.98. The summed E-state index contributed by atoms with van der Waals surface area (Å²) < 4.78 is 0. The highest BCUT2D eigenvalue weighted by Gasteiger charge is 2.19. The number of hydrogen-bond donors (Lipinski definition) is 4. The molecule has 0 bridgehead atoms. The smallest absolute Gasteiger partial charge is 0.308 e. The molecule has 0 aliphatic carbocycles. The van der Waals surface area contributed by atoms with Crippen LogP contribution in [0.2, 0.25) is 0 Å². The first-order valence-corrected chi connectivity index (χ1v) is 6.82. The van der Waals surface area contributed by atoms with Crippen LogP contribution < -0.4 is 16.4 Å². The maximum absolute atomic E-state index is 11.5. The minimum Gasteiger partial charge on any atom is -0.481 e. The maximum atomic E-state index is 11.5. The molecule has 0 saturated heterocycles. The SMILES string of the molecule is CCCC(CNC(=O)CNC(=O)[C@@H](N)C(C)C)C(=O)O. The lowest BCUT2D eigenvalue weighted by Gasteiger charge is -2.16. The Kier molecular flexibility index (Phi) is 8.54. The third kappa shape index (κ3) is 7.08. The van der Waals surface area contributed by atoms with E-state index in [4.69, 9.17) is 10.8 Å². The van der Waals surface area contributed by atoms with Crippen molar-refractivity contribution in [1.82, 2.24) is 10.6 Å². The number of nitrogens with one attached hydrogen (secondary N) is 2. The molecule has 7 heteroatoms. The Balaban J connectivity index is 4.05. The highest BCUT2D eigenvalue weighted by Crippen LogP contribution is 2.04. The Morgan fingerprint density at radius 2 is 1.80 bits per heavy atom. The summed E-state index contributed by atoms with van der Waals surface area (Å²) >= 11 is 0. The molecule has 2 atom stereocenters. The molecule has 7 nitrogen and oxygen atoms in total. The van der Waals surface area contributed by atoms with E-state index in [0.717, 1.165) is 6.42 Å². The molecule has 0 saturated carbocycles. The monoisotopic (exact) mass is 287 g/mol. The van der Waals surface area contributed by atoms with Gasteiger partial charge in [0.1, 0.15) is 0 Å². The minimum atomic E-state index is -0.932. The highest BCUT2D eigenvalue weighted by atomic mass is 16.4. The number of rotatable bonds is 9. The lowest BCUT2D eigenvalue weighted by molar-refractivity contribution is -0.142. The van der Waals surface area contributed by atoms with E-state index >= 15 is 0 Å². The fourth-order valence-corrected chi connectivity index (χ4v) is 1.55. The van der Waals surface area contributed by atoms with Crippen molar-refractivity contribution in [2.24, 2.45) is 17.6 Å². The molecule has 5 N–H and O–H groups in total. The lowest BCUT2D eigenvalue weighted by atomic mass is 10.0. The molecule has 20 heavy (non-hydrogen) atoms. The van der Waals surface area contributed by atoms with Gasteiger partial charge >= 0.3 is 5.97 Å². The minimum absolute atomic E-state index is 0.0148. The molecule has 0 fully saturated rings. The number of amides is 2. The Morgan fingerprint density at radius 1 is 1.20 bits per heavy atom. The van der Waals surface area contributed by atoms with Gasteiger partial charge in [0.15, 0.2) is 0 Å². The van der Waals surface area contributed by atoms with E-state index in [-0.39, 0.29) is 19.0 Å². The van der Waals surface area contributed by atoms with Crippen molar-refractivity contribution in [3.05, 3.63) is 0 Å². The fraction of sp³-hybridized carbons (Fsp3) is 0.769. The van der Waals surface area contributed by atoms with Crippen molar-refractivity contribution in [2.45, 2.75) is 39.7 Å². The van der Waals surface area contributed by atoms with Crippen LogP contribution in [0.4, 0.5) is 0 Å². The molecule has 0 aliphatic heterocycles. The normalized spacial score (nSPS) is 13.7. The zero-order valence-electron chi connectivity index (χ0n) is 12.3. The van der Waals surface area contributed by atoms with Crippen molar-refractivity contribution >= 4 is 17.8 Å². The van der Waals surface area contributed by atoms with Crippen LogP contribution in [0, 0.1) is 11.8 Å². The predicted molar refractivity (Wildman–Crippen MR) is 74.9 cm³/mol. The molecule has 116 valence electrons. The summed E-state index contributed by atoms with van der Waals surface area (Å²) in [7, 11) is 0. The number of aliphatic carboxylic acids is 1. The standard InChI is InChI=1S/C13H25N3O4/c1-4-5-9(13(19)20)6-15-10(17)7-16-12(18)11(14)8(2)3/h8-9,11H,4-7,14H2,1-3H3,(H,15,17)(H,16,18)(H,19,20)/t9?,11-/m0/s1. The maximum Gasteiger partial charge on any atom is 0.308 e. The Hall–Kier alpha value is -1.63. The molecule has 0 rings (SSSR count).